The molecule has 0 bridgehead atoms. The van der Waals surface area contributed by atoms with Crippen molar-refractivity contribution in [3.05, 3.63) is 35.9 Å². The second-order valence-corrected chi connectivity index (χ2v) is 6.96. The Hall–Kier alpha value is -2.38. The lowest BCUT2D eigenvalue weighted by atomic mass is 10.0. The van der Waals surface area contributed by atoms with Crippen LogP contribution in [0.4, 0.5) is 0 Å². The number of nitrogens with one attached hydrogen (secondary N) is 2. The molecule has 1 aromatic rings. The topological polar surface area (TPSA) is 96.9 Å². The summed E-state index contributed by atoms with van der Waals surface area (Å²) in [6, 6.07) is 6.17. The summed E-state index contributed by atoms with van der Waals surface area (Å²) >= 11 is 0. The van der Waals surface area contributed by atoms with Crippen LogP contribution in [-0.4, -0.2) is 49.0 Å². The van der Waals surface area contributed by atoms with E-state index in [9.17, 15) is 14.7 Å². The van der Waals surface area contributed by atoms with Crippen LogP contribution in [0.25, 0.3) is 6.08 Å². The zero-order chi connectivity index (χ0) is 19.8. The summed E-state index contributed by atoms with van der Waals surface area (Å²) in [7, 11) is 1.59. The molecule has 7 heteroatoms. The fourth-order valence-electron chi connectivity index (χ4n) is 2.81. The Morgan fingerprint density at radius 3 is 2.59 bits per heavy atom. The van der Waals surface area contributed by atoms with Gasteiger partial charge in [0.2, 0.25) is 11.8 Å². The quantitative estimate of drug-likeness (QED) is 0.597. The van der Waals surface area contributed by atoms with Crippen LogP contribution in [0.3, 0.4) is 0 Å². The van der Waals surface area contributed by atoms with Crippen LogP contribution < -0.4 is 15.4 Å². The van der Waals surface area contributed by atoms with Gasteiger partial charge in [0.15, 0.2) is 6.29 Å². The maximum absolute atomic E-state index is 12.5. The highest BCUT2D eigenvalue weighted by molar-refractivity contribution is 5.95. The molecular formula is C20H28N2O5. The predicted molar refractivity (Wildman–Crippen MR) is 102 cm³/mol. The molecule has 1 heterocycles. The van der Waals surface area contributed by atoms with E-state index in [0.717, 1.165) is 11.3 Å². The van der Waals surface area contributed by atoms with Gasteiger partial charge in [0.1, 0.15) is 11.8 Å². The third-order valence-corrected chi connectivity index (χ3v) is 4.27. The number of methoxy groups -OCH3 is 1. The van der Waals surface area contributed by atoms with Crippen LogP contribution in [0, 0.1) is 5.92 Å². The molecule has 2 amide bonds. The molecule has 0 spiro atoms. The molecule has 3 N–H and O–H groups in total. The molecular weight excluding hydrogens is 348 g/mol. The van der Waals surface area contributed by atoms with Crippen molar-refractivity contribution in [1.82, 2.24) is 10.6 Å². The van der Waals surface area contributed by atoms with Crippen LogP contribution in [0.1, 0.15) is 32.3 Å². The second kappa shape index (κ2) is 10.1. The van der Waals surface area contributed by atoms with Crippen molar-refractivity contribution in [3.63, 3.8) is 0 Å². The van der Waals surface area contributed by atoms with Crippen LogP contribution in [-0.2, 0) is 14.3 Å². The molecule has 0 aromatic heterocycles. The molecule has 1 aliphatic heterocycles. The summed E-state index contributed by atoms with van der Waals surface area (Å²) in [5, 5.41) is 15.2. The second-order valence-electron chi connectivity index (χ2n) is 6.96. The minimum Gasteiger partial charge on any atom is -0.497 e. The first-order valence-electron chi connectivity index (χ1n) is 9.11. The summed E-state index contributed by atoms with van der Waals surface area (Å²) in [5.74, 6) is 0.291. The molecule has 1 fully saturated rings. The summed E-state index contributed by atoms with van der Waals surface area (Å²) in [6.07, 6.45) is 3.12. The molecule has 1 unspecified atom stereocenters. The van der Waals surface area contributed by atoms with Crippen molar-refractivity contribution in [1.29, 1.82) is 0 Å². The van der Waals surface area contributed by atoms with Gasteiger partial charge in [-0.1, -0.05) is 26.0 Å². The lowest BCUT2D eigenvalue weighted by molar-refractivity contribution is -0.130. The molecule has 1 saturated heterocycles. The smallest absolute Gasteiger partial charge is 0.244 e. The van der Waals surface area contributed by atoms with Gasteiger partial charge in [-0.2, -0.15) is 0 Å². The van der Waals surface area contributed by atoms with E-state index >= 15 is 0 Å². The van der Waals surface area contributed by atoms with Crippen LogP contribution in [0.2, 0.25) is 0 Å². The van der Waals surface area contributed by atoms with E-state index in [1.54, 1.807) is 13.2 Å². The standard InChI is InChI=1S/C20H28N2O5/c1-13(2)12-17(19(24)22-16-10-11-27-20(16)25)21-18(23)9-6-14-4-7-15(26-3)8-5-14/h4-9,13,16-17,20,25H,10-12H2,1-3H3,(H,21,23)(H,22,24)/t16-,17-,20?/m0/s1. The molecule has 27 heavy (non-hydrogen) atoms. The third kappa shape index (κ3) is 6.69. The van der Waals surface area contributed by atoms with Crippen molar-refractivity contribution in [2.24, 2.45) is 5.92 Å². The summed E-state index contributed by atoms with van der Waals surface area (Å²) in [5.41, 5.74) is 0.849. The number of rotatable bonds is 8. The van der Waals surface area contributed by atoms with Crippen molar-refractivity contribution in [3.8, 4) is 5.75 Å². The number of aliphatic hydroxyl groups is 1. The third-order valence-electron chi connectivity index (χ3n) is 4.27. The first-order valence-corrected chi connectivity index (χ1v) is 9.11. The highest BCUT2D eigenvalue weighted by atomic mass is 16.6. The van der Waals surface area contributed by atoms with E-state index in [1.807, 2.05) is 38.1 Å². The fraction of sp³-hybridized carbons (Fsp3) is 0.500. The van der Waals surface area contributed by atoms with Gasteiger partial charge in [0.25, 0.3) is 0 Å². The van der Waals surface area contributed by atoms with Gasteiger partial charge in [-0.15, -0.1) is 0 Å². The van der Waals surface area contributed by atoms with Gasteiger partial charge in [0, 0.05) is 6.08 Å². The largest absolute Gasteiger partial charge is 0.497 e. The number of carbonyl (C=O) groups is 2. The van der Waals surface area contributed by atoms with Gasteiger partial charge in [0.05, 0.1) is 19.8 Å². The number of hydrogen-bond acceptors (Lipinski definition) is 5. The van der Waals surface area contributed by atoms with E-state index in [4.69, 9.17) is 9.47 Å². The number of hydrogen-bond donors (Lipinski definition) is 3. The first kappa shape index (κ1) is 20.9. The Balaban J connectivity index is 1.95. The Morgan fingerprint density at radius 1 is 1.33 bits per heavy atom. The minimum absolute atomic E-state index is 0.219. The highest BCUT2D eigenvalue weighted by Crippen LogP contribution is 2.13. The number of carbonyl (C=O) groups excluding carboxylic acids is 2. The van der Waals surface area contributed by atoms with Gasteiger partial charge in [-0.05, 0) is 42.5 Å². The van der Waals surface area contributed by atoms with Crippen molar-refractivity contribution < 1.29 is 24.2 Å². The molecule has 3 atom stereocenters. The lowest BCUT2D eigenvalue weighted by Gasteiger charge is -2.22. The van der Waals surface area contributed by atoms with Crippen molar-refractivity contribution in [2.45, 2.75) is 45.1 Å². The molecule has 0 saturated carbocycles. The number of ether oxygens (including phenoxy) is 2. The average Bonchev–Trinajstić information content (AvgIpc) is 3.04. The molecule has 0 radical (unpaired) electrons. The van der Waals surface area contributed by atoms with Gasteiger partial charge in [-0.25, -0.2) is 0 Å². The molecule has 1 aliphatic rings. The van der Waals surface area contributed by atoms with E-state index in [2.05, 4.69) is 10.6 Å². The van der Waals surface area contributed by atoms with Crippen LogP contribution in [0.5, 0.6) is 5.75 Å². The number of aliphatic hydroxyl groups excluding tert-OH is 1. The number of amides is 2. The van der Waals surface area contributed by atoms with Crippen LogP contribution >= 0.6 is 0 Å². The molecule has 0 aliphatic carbocycles. The number of benzene rings is 1. The zero-order valence-corrected chi connectivity index (χ0v) is 16.0. The van der Waals surface area contributed by atoms with E-state index in [-0.39, 0.29) is 17.7 Å². The Labute approximate surface area is 159 Å². The summed E-state index contributed by atoms with van der Waals surface area (Å²) < 4.78 is 10.1. The lowest BCUT2D eigenvalue weighted by Crippen LogP contribution is -2.51. The average molecular weight is 376 g/mol. The van der Waals surface area contributed by atoms with Crippen molar-refractivity contribution >= 4 is 17.9 Å². The van der Waals surface area contributed by atoms with E-state index in [1.165, 1.54) is 6.08 Å². The maximum atomic E-state index is 12.5. The minimum atomic E-state index is -1.00. The van der Waals surface area contributed by atoms with Gasteiger partial charge in [-0.3, -0.25) is 9.59 Å². The highest BCUT2D eigenvalue weighted by Gasteiger charge is 2.30. The first-order chi connectivity index (χ1) is 12.9. The van der Waals surface area contributed by atoms with E-state index in [0.29, 0.717) is 19.4 Å². The Morgan fingerprint density at radius 2 is 2.04 bits per heavy atom. The molecule has 1 aromatic carbocycles. The molecule has 7 nitrogen and oxygen atoms in total. The fourth-order valence-corrected chi connectivity index (χ4v) is 2.81. The Bertz CT molecular complexity index is 657. The van der Waals surface area contributed by atoms with Gasteiger partial charge < -0.3 is 25.2 Å². The van der Waals surface area contributed by atoms with Crippen molar-refractivity contribution in [2.75, 3.05) is 13.7 Å². The van der Waals surface area contributed by atoms with Crippen LogP contribution in [0.15, 0.2) is 30.3 Å². The van der Waals surface area contributed by atoms with E-state index < -0.39 is 18.4 Å². The Kier molecular flexibility index (Phi) is 7.82. The van der Waals surface area contributed by atoms with Gasteiger partial charge >= 0.3 is 0 Å². The normalized spacial score (nSPS) is 20.6. The monoisotopic (exact) mass is 376 g/mol. The predicted octanol–water partition coefficient (Wildman–Crippen LogP) is 1.46. The molecule has 148 valence electrons. The zero-order valence-electron chi connectivity index (χ0n) is 16.0. The molecule has 2 rings (SSSR count). The maximum Gasteiger partial charge on any atom is 0.244 e. The SMILES string of the molecule is COc1ccc(C=CC(=O)N[C@@H](CC(C)C)C(=O)N[C@H]2CCOC2O)cc1. The summed E-state index contributed by atoms with van der Waals surface area (Å²) in [4.78, 5) is 24.8. The summed E-state index contributed by atoms with van der Waals surface area (Å²) in [6.45, 7) is 4.36.